The number of aliphatic hydroxyl groups is 2. The number of rotatable bonds is 8. The lowest BCUT2D eigenvalue weighted by molar-refractivity contribution is -0.226. The van der Waals surface area contributed by atoms with E-state index in [0.717, 1.165) is 6.42 Å². The smallest absolute Gasteiger partial charge is 0.317 e. The van der Waals surface area contributed by atoms with Crippen molar-refractivity contribution in [3.05, 3.63) is 24.3 Å². The molecule has 1 spiro atoms. The van der Waals surface area contributed by atoms with Gasteiger partial charge in [-0.15, -0.1) is 0 Å². The molecule has 8 heteroatoms. The van der Waals surface area contributed by atoms with Crippen LogP contribution in [0.4, 0.5) is 0 Å². The highest BCUT2D eigenvalue weighted by molar-refractivity contribution is 5.80. The van der Waals surface area contributed by atoms with Crippen LogP contribution in [0.25, 0.3) is 0 Å². The summed E-state index contributed by atoms with van der Waals surface area (Å²) in [6.07, 6.45) is 8.17. The Balaban J connectivity index is 1.44. The zero-order chi connectivity index (χ0) is 22.8. The molecule has 3 unspecified atom stereocenters. The van der Waals surface area contributed by atoms with Gasteiger partial charge in [0.15, 0.2) is 5.79 Å². The monoisotopic (exact) mass is 438 g/mol. The second-order valence-electron chi connectivity index (χ2n) is 9.19. The Kier molecular flexibility index (Phi) is 7.25. The van der Waals surface area contributed by atoms with Crippen molar-refractivity contribution in [2.45, 2.75) is 89.7 Å². The summed E-state index contributed by atoms with van der Waals surface area (Å²) in [4.78, 5) is 23.9. The van der Waals surface area contributed by atoms with Gasteiger partial charge in [-0.2, -0.15) is 0 Å². The van der Waals surface area contributed by atoms with E-state index in [9.17, 15) is 19.8 Å². The maximum absolute atomic E-state index is 12.0. The van der Waals surface area contributed by atoms with Crippen LogP contribution >= 0.6 is 0 Å². The number of ether oxygens (including phenoxy) is 4. The molecule has 3 aliphatic rings. The fraction of sp³-hybridized carbons (Fsp3) is 0.739. The van der Waals surface area contributed by atoms with E-state index in [1.54, 1.807) is 20.8 Å². The highest BCUT2D eigenvalue weighted by Gasteiger charge is 2.64. The van der Waals surface area contributed by atoms with Crippen molar-refractivity contribution in [1.82, 2.24) is 0 Å². The van der Waals surface area contributed by atoms with Gasteiger partial charge in [-0.05, 0) is 34.1 Å². The molecule has 0 aromatic carbocycles. The first-order valence-electron chi connectivity index (χ1n) is 11.0. The molecule has 31 heavy (non-hydrogen) atoms. The van der Waals surface area contributed by atoms with Gasteiger partial charge in [-0.1, -0.05) is 24.3 Å². The molecule has 0 radical (unpaired) electrons. The third-order valence-electron chi connectivity index (χ3n) is 6.50. The Bertz CT molecular complexity index is 731. The molecule has 0 bridgehead atoms. The van der Waals surface area contributed by atoms with Crippen LogP contribution in [0.3, 0.4) is 0 Å². The van der Waals surface area contributed by atoms with E-state index in [2.05, 4.69) is 0 Å². The number of carbonyl (C=O) groups is 2. The maximum Gasteiger partial charge on any atom is 0.317 e. The van der Waals surface area contributed by atoms with Crippen LogP contribution in [0.5, 0.6) is 0 Å². The Labute approximate surface area is 183 Å². The predicted molar refractivity (Wildman–Crippen MR) is 111 cm³/mol. The highest BCUT2D eigenvalue weighted by Crippen LogP contribution is 2.51. The molecule has 0 aromatic rings. The van der Waals surface area contributed by atoms with Gasteiger partial charge in [-0.3, -0.25) is 9.59 Å². The minimum absolute atomic E-state index is 0.110. The summed E-state index contributed by atoms with van der Waals surface area (Å²) in [6, 6.07) is 0. The van der Waals surface area contributed by atoms with Crippen molar-refractivity contribution in [2.75, 3.05) is 6.61 Å². The van der Waals surface area contributed by atoms with Crippen LogP contribution in [0, 0.1) is 11.3 Å². The summed E-state index contributed by atoms with van der Waals surface area (Å²) in [5.74, 6) is -2.14. The van der Waals surface area contributed by atoms with Crippen LogP contribution in [0.15, 0.2) is 24.3 Å². The number of esters is 2. The summed E-state index contributed by atoms with van der Waals surface area (Å²) in [6.45, 7) is 6.37. The third kappa shape index (κ3) is 5.03. The lowest BCUT2D eigenvalue weighted by Crippen LogP contribution is -2.41. The number of hydrogen-bond acceptors (Lipinski definition) is 8. The van der Waals surface area contributed by atoms with E-state index in [1.807, 2.05) is 31.2 Å². The molecule has 3 saturated heterocycles. The van der Waals surface area contributed by atoms with Crippen molar-refractivity contribution in [2.24, 2.45) is 11.3 Å². The molecule has 3 aliphatic heterocycles. The van der Waals surface area contributed by atoms with Crippen LogP contribution in [-0.4, -0.2) is 65.1 Å². The summed E-state index contributed by atoms with van der Waals surface area (Å²) in [7, 11) is 0. The number of hydrogen-bond donors (Lipinski definition) is 2. The topological polar surface area (TPSA) is 112 Å². The molecule has 174 valence electrons. The normalized spacial score (nSPS) is 38.0. The minimum atomic E-state index is -1.04. The van der Waals surface area contributed by atoms with Crippen molar-refractivity contribution in [1.29, 1.82) is 0 Å². The van der Waals surface area contributed by atoms with Gasteiger partial charge in [0.1, 0.15) is 23.7 Å². The first kappa shape index (κ1) is 23.9. The molecule has 3 fully saturated rings. The molecule has 3 heterocycles. The Morgan fingerprint density at radius 3 is 2.71 bits per heavy atom. The molecule has 2 N–H and O–H groups in total. The van der Waals surface area contributed by atoms with Gasteiger partial charge in [0.05, 0.1) is 24.7 Å². The van der Waals surface area contributed by atoms with Crippen LogP contribution < -0.4 is 0 Å². The fourth-order valence-corrected chi connectivity index (χ4v) is 4.17. The van der Waals surface area contributed by atoms with Crippen LogP contribution in [0.1, 0.15) is 53.4 Å². The van der Waals surface area contributed by atoms with E-state index in [0.29, 0.717) is 19.3 Å². The largest absolute Gasteiger partial charge is 0.462 e. The van der Waals surface area contributed by atoms with Gasteiger partial charge in [0.25, 0.3) is 0 Å². The van der Waals surface area contributed by atoms with Crippen molar-refractivity contribution >= 4 is 11.9 Å². The first-order chi connectivity index (χ1) is 14.6. The molecule has 8 nitrogen and oxygen atoms in total. The van der Waals surface area contributed by atoms with Crippen molar-refractivity contribution in [3.63, 3.8) is 0 Å². The molecule has 0 aromatic heterocycles. The second-order valence-corrected chi connectivity index (χ2v) is 9.19. The second kappa shape index (κ2) is 9.40. The summed E-state index contributed by atoms with van der Waals surface area (Å²) < 4.78 is 23.0. The standard InChI is InChI=1S/C23H34O8/c1-14(28-20(26)15(2)16(3)25)8-6-5-7-9-17-10-11-23(30-17)12-18-19(31-23)22(4,13-24)21(27)29-18/h5-7,9,14-19,24-25H,8,10-13H2,1-4H3/b6-5+,9-7+/t14?,15?,16?,17-,18-,19+,22-,23+/m1/s1. The van der Waals surface area contributed by atoms with Gasteiger partial charge < -0.3 is 29.2 Å². The van der Waals surface area contributed by atoms with Crippen LogP contribution in [-0.2, 0) is 28.5 Å². The molecule has 3 rings (SSSR count). The Morgan fingerprint density at radius 1 is 1.29 bits per heavy atom. The van der Waals surface area contributed by atoms with Crippen LogP contribution in [0.2, 0.25) is 0 Å². The van der Waals surface area contributed by atoms with E-state index in [4.69, 9.17) is 18.9 Å². The molecule has 0 saturated carbocycles. The minimum Gasteiger partial charge on any atom is -0.462 e. The van der Waals surface area contributed by atoms with E-state index >= 15 is 0 Å². The molecular formula is C23H34O8. The number of fused-ring (bicyclic) bond motifs is 1. The fourth-order valence-electron chi connectivity index (χ4n) is 4.17. The lowest BCUT2D eigenvalue weighted by atomic mass is 9.85. The average Bonchev–Trinajstić information content (AvgIpc) is 3.35. The lowest BCUT2D eigenvalue weighted by Gasteiger charge is -2.29. The Morgan fingerprint density at radius 2 is 2.03 bits per heavy atom. The number of carbonyl (C=O) groups excluding carboxylic acids is 2. The van der Waals surface area contributed by atoms with Gasteiger partial charge in [0.2, 0.25) is 0 Å². The summed E-state index contributed by atoms with van der Waals surface area (Å²) in [5, 5.41) is 19.1. The molecule has 0 amide bonds. The predicted octanol–water partition coefficient (Wildman–Crippen LogP) is 2.03. The van der Waals surface area contributed by atoms with Crippen molar-refractivity contribution < 1.29 is 38.7 Å². The third-order valence-corrected chi connectivity index (χ3v) is 6.50. The summed E-state index contributed by atoms with van der Waals surface area (Å²) >= 11 is 0. The van der Waals surface area contributed by atoms with E-state index < -0.39 is 41.3 Å². The first-order valence-corrected chi connectivity index (χ1v) is 11.0. The SMILES string of the molecule is CC(C/C=C/C=C/[C@@H]1CC[C@]2(C[C@H]3OC(=O)[C@](C)(CO)[C@H]3O2)O1)OC(=O)C(C)C(C)O. The van der Waals surface area contributed by atoms with E-state index in [1.165, 1.54) is 0 Å². The highest BCUT2D eigenvalue weighted by atomic mass is 16.7. The summed E-state index contributed by atoms with van der Waals surface area (Å²) in [5.41, 5.74) is -1.04. The van der Waals surface area contributed by atoms with Crippen molar-refractivity contribution in [3.8, 4) is 0 Å². The number of aliphatic hydroxyl groups excluding tert-OH is 2. The Hall–Kier alpha value is -1.74. The zero-order valence-corrected chi connectivity index (χ0v) is 18.7. The number of allylic oxidation sites excluding steroid dienone is 2. The zero-order valence-electron chi connectivity index (χ0n) is 18.7. The maximum atomic E-state index is 12.0. The molecular weight excluding hydrogens is 404 g/mol. The quantitative estimate of drug-likeness (QED) is 0.437. The average molecular weight is 439 g/mol. The van der Waals surface area contributed by atoms with Gasteiger partial charge >= 0.3 is 11.9 Å². The molecule has 8 atom stereocenters. The van der Waals surface area contributed by atoms with Gasteiger partial charge in [-0.25, -0.2) is 0 Å². The van der Waals surface area contributed by atoms with Gasteiger partial charge in [0, 0.05) is 19.3 Å². The van der Waals surface area contributed by atoms with E-state index in [-0.39, 0.29) is 24.9 Å². The molecule has 0 aliphatic carbocycles.